The minimum Gasteiger partial charge on any atom is -0.478 e. The summed E-state index contributed by atoms with van der Waals surface area (Å²) in [5, 5.41) is 1.76. The number of sulfonamides is 1. The molecular formula is C15H15F2N5O5S2. The average molecular weight is 447 g/mol. The highest BCUT2D eigenvalue weighted by atomic mass is 32.2. The lowest BCUT2D eigenvalue weighted by molar-refractivity contribution is 0.0781. The lowest BCUT2D eigenvalue weighted by atomic mass is 10.3. The first-order valence-corrected chi connectivity index (χ1v) is 10.2. The van der Waals surface area contributed by atoms with Crippen molar-refractivity contribution < 1.29 is 31.4 Å². The van der Waals surface area contributed by atoms with Crippen LogP contribution in [0.25, 0.3) is 11.4 Å². The van der Waals surface area contributed by atoms with Gasteiger partial charge in [-0.15, -0.1) is 0 Å². The lowest BCUT2D eigenvalue weighted by Crippen LogP contribution is -2.16. The minimum absolute atomic E-state index is 0.0833. The molecule has 3 aromatic rings. The predicted octanol–water partition coefficient (Wildman–Crippen LogP) is 2.39. The number of nitrogens with one attached hydrogen (secondary N) is 2. The second kappa shape index (κ2) is 8.57. The number of ether oxygens (including phenoxy) is 3. The fraction of sp³-hybridized carbons (Fsp3) is 0.267. The lowest BCUT2D eigenvalue weighted by Gasteiger charge is -2.14. The highest BCUT2D eigenvalue weighted by molar-refractivity contribution is 7.92. The number of rotatable bonds is 9. The van der Waals surface area contributed by atoms with Crippen LogP contribution in [0.4, 0.5) is 14.7 Å². The standard InChI is InChI=1S/C15H15F2N5O5S2/c1-25-13-12(27-7-11(16)17)14(26-2)20-15(19-13)22-29(23,24)8-5-10(18-6-8)9-3-4-28-21-9/h3-6,11,18H,7H2,1-2H3,(H,19,20,22). The van der Waals surface area contributed by atoms with Crippen molar-refractivity contribution in [3.63, 3.8) is 0 Å². The van der Waals surface area contributed by atoms with Crippen LogP contribution in [0.5, 0.6) is 17.5 Å². The number of aromatic amines is 1. The molecule has 0 aliphatic carbocycles. The van der Waals surface area contributed by atoms with Gasteiger partial charge in [0.25, 0.3) is 28.2 Å². The number of H-pyrrole nitrogens is 1. The number of anilines is 1. The van der Waals surface area contributed by atoms with Crippen molar-refractivity contribution in [2.75, 3.05) is 25.5 Å². The van der Waals surface area contributed by atoms with Crippen molar-refractivity contribution in [3.05, 3.63) is 23.7 Å². The first-order chi connectivity index (χ1) is 13.8. The smallest absolute Gasteiger partial charge is 0.272 e. The Balaban J connectivity index is 1.88. The van der Waals surface area contributed by atoms with Gasteiger partial charge in [0, 0.05) is 11.6 Å². The Morgan fingerprint density at radius 2 is 1.93 bits per heavy atom. The molecule has 156 valence electrons. The van der Waals surface area contributed by atoms with Crippen LogP contribution >= 0.6 is 11.5 Å². The van der Waals surface area contributed by atoms with Crippen LogP contribution in [0.1, 0.15) is 0 Å². The molecule has 0 aliphatic rings. The molecular weight excluding hydrogens is 432 g/mol. The molecule has 0 saturated heterocycles. The molecule has 0 atom stereocenters. The molecule has 29 heavy (non-hydrogen) atoms. The molecule has 0 saturated carbocycles. The zero-order chi connectivity index (χ0) is 21.0. The average Bonchev–Trinajstić information content (AvgIpc) is 3.37. The topological polar surface area (TPSA) is 128 Å². The maximum atomic E-state index is 12.6. The molecule has 3 heterocycles. The van der Waals surface area contributed by atoms with Gasteiger partial charge in [0.1, 0.15) is 17.2 Å². The predicted molar refractivity (Wildman–Crippen MR) is 99.3 cm³/mol. The van der Waals surface area contributed by atoms with E-state index in [1.807, 2.05) is 0 Å². The van der Waals surface area contributed by atoms with Gasteiger partial charge in [-0.25, -0.2) is 21.9 Å². The van der Waals surface area contributed by atoms with Crippen LogP contribution in [0.3, 0.4) is 0 Å². The largest absolute Gasteiger partial charge is 0.478 e. The molecule has 0 aliphatic heterocycles. The zero-order valence-corrected chi connectivity index (χ0v) is 16.7. The molecule has 10 nitrogen and oxygen atoms in total. The van der Waals surface area contributed by atoms with Gasteiger partial charge in [-0.05, 0) is 23.7 Å². The minimum atomic E-state index is -4.07. The number of nitrogens with zero attached hydrogens (tertiary/aromatic N) is 3. The molecule has 0 fully saturated rings. The van der Waals surface area contributed by atoms with Crippen LogP contribution in [-0.4, -0.2) is 55.0 Å². The Hall–Kier alpha value is -3.00. The number of alkyl halides is 2. The van der Waals surface area contributed by atoms with Crippen LogP contribution in [-0.2, 0) is 10.0 Å². The van der Waals surface area contributed by atoms with E-state index in [2.05, 4.69) is 24.0 Å². The quantitative estimate of drug-likeness (QED) is 0.512. The maximum absolute atomic E-state index is 12.6. The van der Waals surface area contributed by atoms with Crippen LogP contribution < -0.4 is 18.9 Å². The Kier molecular flexibility index (Phi) is 6.12. The van der Waals surface area contributed by atoms with Crippen molar-refractivity contribution in [1.82, 2.24) is 19.3 Å². The fourth-order valence-electron chi connectivity index (χ4n) is 2.21. The summed E-state index contributed by atoms with van der Waals surface area (Å²) in [4.78, 5) is 10.4. The number of methoxy groups -OCH3 is 2. The summed E-state index contributed by atoms with van der Waals surface area (Å²) in [6.07, 6.45) is -1.46. The van der Waals surface area contributed by atoms with E-state index in [0.29, 0.717) is 11.4 Å². The summed E-state index contributed by atoms with van der Waals surface area (Å²) in [6.45, 7) is -0.941. The number of aromatic nitrogens is 4. The summed E-state index contributed by atoms with van der Waals surface area (Å²) in [5.74, 6) is -1.20. The molecule has 0 radical (unpaired) electrons. The number of hydrogen-bond donors (Lipinski definition) is 2. The fourth-order valence-corrected chi connectivity index (χ4v) is 3.67. The van der Waals surface area contributed by atoms with E-state index < -0.39 is 23.1 Å². The summed E-state index contributed by atoms with van der Waals surface area (Å²) >= 11 is 1.23. The normalized spacial score (nSPS) is 11.5. The van der Waals surface area contributed by atoms with Crippen LogP contribution in [0, 0.1) is 0 Å². The van der Waals surface area contributed by atoms with E-state index in [-0.39, 0.29) is 28.4 Å². The van der Waals surface area contributed by atoms with Gasteiger partial charge < -0.3 is 19.2 Å². The monoisotopic (exact) mass is 447 g/mol. The maximum Gasteiger partial charge on any atom is 0.272 e. The third-order valence-corrected chi connectivity index (χ3v) is 5.32. The summed E-state index contributed by atoms with van der Waals surface area (Å²) in [6, 6.07) is 3.13. The molecule has 0 aromatic carbocycles. The Bertz CT molecular complexity index is 1050. The first kappa shape index (κ1) is 20.7. The zero-order valence-electron chi connectivity index (χ0n) is 15.0. The molecule has 14 heteroatoms. The van der Waals surface area contributed by atoms with Gasteiger partial charge in [0.2, 0.25) is 11.7 Å². The van der Waals surface area contributed by atoms with E-state index in [1.54, 1.807) is 11.4 Å². The van der Waals surface area contributed by atoms with Crippen molar-refractivity contribution in [3.8, 4) is 28.9 Å². The molecule has 0 amide bonds. The van der Waals surface area contributed by atoms with Crippen molar-refractivity contribution in [1.29, 1.82) is 0 Å². The molecule has 3 aromatic heterocycles. The third-order valence-electron chi connectivity index (χ3n) is 3.45. The van der Waals surface area contributed by atoms with Gasteiger partial charge in [-0.3, -0.25) is 0 Å². The first-order valence-electron chi connectivity index (χ1n) is 7.87. The van der Waals surface area contributed by atoms with E-state index in [4.69, 9.17) is 14.2 Å². The third kappa shape index (κ3) is 4.71. The van der Waals surface area contributed by atoms with Crippen molar-refractivity contribution >= 4 is 27.5 Å². The van der Waals surface area contributed by atoms with Gasteiger partial charge >= 0.3 is 0 Å². The molecule has 3 rings (SSSR count). The number of halogens is 2. The second-order valence-electron chi connectivity index (χ2n) is 5.34. The molecule has 0 unspecified atom stereocenters. The van der Waals surface area contributed by atoms with E-state index in [1.165, 1.54) is 38.0 Å². The summed E-state index contributed by atoms with van der Waals surface area (Å²) in [5.41, 5.74) is 1.11. The van der Waals surface area contributed by atoms with Gasteiger partial charge in [-0.2, -0.15) is 14.3 Å². The summed E-state index contributed by atoms with van der Waals surface area (Å²) < 4.78 is 71.4. The van der Waals surface area contributed by atoms with Gasteiger partial charge in [-0.1, -0.05) is 0 Å². The second-order valence-corrected chi connectivity index (χ2v) is 7.68. The van der Waals surface area contributed by atoms with E-state index in [9.17, 15) is 17.2 Å². The van der Waals surface area contributed by atoms with E-state index >= 15 is 0 Å². The van der Waals surface area contributed by atoms with Crippen molar-refractivity contribution in [2.24, 2.45) is 0 Å². The van der Waals surface area contributed by atoms with Gasteiger partial charge in [0.15, 0.2) is 0 Å². The summed E-state index contributed by atoms with van der Waals surface area (Å²) in [7, 11) is -1.65. The Morgan fingerprint density at radius 1 is 1.24 bits per heavy atom. The molecule has 2 N–H and O–H groups in total. The highest BCUT2D eigenvalue weighted by Crippen LogP contribution is 2.35. The molecule has 0 bridgehead atoms. The molecule has 0 spiro atoms. The SMILES string of the molecule is COc1nc(NS(=O)(=O)c2c[nH]c(-c3ccsn3)c2)nc(OC)c1OCC(F)F. The Morgan fingerprint density at radius 3 is 2.48 bits per heavy atom. The van der Waals surface area contributed by atoms with Crippen molar-refractivity contribution in [2.45, 2.75) is 11.3 Å². The van der Waals surface area contributed by atoms with Crippen LogP contribution in [0.15, 0.2) is 28.6 Å². The van der Waals surface area contributed by atoms with Crippen LogP contribution in [0.2, 0.25) is 0 Å². The highest BCUT2D eigenvalue weighted by Gasteiger charge is 2.23. The number of hydrogen-bond acceptors (Lipinski definition) is 9. The van der Waals surface area contributed by atoms with E-state index in [0.717, 1.165) is 0 Å². The van der Waals surface area contributed by atoms with Gasteiger partial charge in [0.05, 0.1) is 19.9 Å². The Labute approximate surface area is 168 Å².